The van der Waals surface area contributed by atoms with Crippen molar-refractivity contribution < 1.29 is 9.59 Å². The third kappa shape index (κ3) is 6.28. The Hall–Kier alpha value is -1.10. The molecule has 142 valence electrons. The van der Waals surface area contributed by atoms with Crippen LogP contribution in [0.3, 0.4) is 0 Å². The molecule has 2 saturated heterocycles. The van der Waals surface area contributed by atoms with Gasteiger partial charge in [0.05, 0.1) is 0 Å². The first-order valence-electron chi connectivity index (χ1n) is 10.5. The molecule has 1 aliphatic carbocycles. The second-order valence-electron chi connectivity index (χ2n) is 8.23. The van der Waals surface area contributed by atoms with E-state index < -0.39 is 0 Å². The molecule has 5 nitrogen and oxygen atoms in total. The minimum Gasteiger partial charge on any atom is -0.356 e. The number of piperidine rings is 1. The van der Waals surface area contributed by atoms with Crippen molar-refractivity contribution in [3.05, 3.63) is 0 Å². The van der Waals surface area contributed by atoms with Crippen LogP contribution in [0.2, 0.25) is 0 Å². The highest BCUT2D eigenvalue weighted by Crippen LogP contribution is 2.28. The van der Waals surface area contributed by atoms with Gasteiger partial charge in [0.15, 0.2) is 0 Å². The van der Waals surface area contributed by atoms with Crippen LogP contribution in [0.15, 0.2) is 0 Å². The van der Waals surface area contributed by atoms with E-state index in [0.717, 1.165) is 38.8 Å². The zero-order valence-corrected chi connectivity index (χ0v) is 15.7. The fourth-order valence-corrected chi connectivity index (χ4v) is 4.22. The van der Waals surface area contributed by atoms with E-state index >= 15 is 0 Å². The van der Waals surface area contributed by atoms with Gasteiger partial charge >= 0.3 is 0 Å². The number of rotatable bonds is 7. The molecule has 2 heterocycles. The Morgan fingerprint density at radius 1 is 0.920 bits per heavy atom. The Balaban J connectivity index is 1.33. The first kappa shape index (κ1) is 18.7. The number of carbonyl (C=O) groups is 2. The maximum atomic E-state index is 12.5. The topological polar surface area (TPSA) is 52.7 Å². The first-order valence-corrected chi connectivity index (χ1v) is 10.5. The molecule has 3 rings (SSSR count). The van der Waals surface area contributed by atoms with Crippen molar-refractivity contribution in [1.82, 2.24) is 15.1 Å². The summed E-state index contributed by atoms with van der Waals surface area (Å²) in [5.41, 5.74) is 0. The Morgan fingerprint density at radius 2 is 1.68 bits per heavy atom. The number of likely N-dealkylation sites (tertiary alicyclic amines) is 2. The standard InChI is InChI=1S/C20H35N3O2/c24-19(8-5-11-21-20(25)18-9-10-18)23-14-6-7-17(16-23)15-22-12-3-1-2-4-13-22/h17-18H,1-16H2,(H,21,25)/t17-/m0/s1. The summed E-state index contributed by atoms with van der Waals surface area (Å²) in [5, 5.41) is 2.96. The van der Waals surface area contributed by atoms with Gasteiger partial charge in [-0.3, -0.25) is 9.59 Å². The molecule has 5 heteroatoms. The molecule has 0 radical (unpaired) electrons. The molecule has 0 unspecified atom stereocenters. The second kappa shape index (κ2) is 9.56. The minimum absolute atomic E-state index is 0.183. The summed E-state index contributed by atoms with van der Waals surface area (Å²) in [7, 11) is 0. The smallest absolute Gasteiger partial charge is 0.223 e. The van der Waals surface area contributed by atoms with Crippen molar-refractivity contribution in [3.8, 4) is 0 Å². The molecular weight excluding hydrogens is 314 g/mol. The van der Waals surface area contributed by atoms with Crippen LogP contribution >= 0.6 is 0 Å². The number of carbonyl (C=O) groups excluding carboxylic acids is 2. The van der Waals surface area contributed by atoms with Crippen molar-refractivity contribution in [2.75, 3.05) is 39.3 Å². The molecule has 1 atom stereocenters. The largest absolute Gasteiger partial charge is 0.356 e. The van der Waals surface area contributed by atoms with Gasteiger partial charge in [0.25, 0.3) is 0 Å². The summed E-state index contributed by atoms with van der Waals surface area (Å²) < 4.78 is 0. The van der Waals surface area contributed by atoms with E-state index in [0.29, 0.717) is 18.9 Å². The predicted octanol–water partition coefficient (Wildman–Crippen LogP) is 2.41. The second-order valence-corrected chi connectivity index (χ2v) is 8.23. The number of nitrogens with zero attached hydrogens (tertiary/aromatic N) is 2. The van der Waals surface area contributed by atoms with Gasteiger partial charge in [-0.15, -0.1) is 0 Å². The monoisotopic (exact) mass is 349 g/mol. The molecular formula is C20H35N3O2. The molecule has 3 fully saturated rings. The lowest BCUT2D eigenvalue weighted by molar-refractivity contribution is -0.133. The molecule has 0 aromatic heterocycles. The van der Waals surface area contributed by atoms with E-state index in [-0.39, 0.29) is 17.7 Å². The summed E-state index contributed by atoms with van der Waals surface area (Å²) in [5.74, 6) is 1.37. The minimum atomic E-state index is 0.183. The number of amides is 2. The van der Waals surface area contributed by atoms with Crippen LogP contribution in [-0.4, -0.2) is 60.9 Å². The van der Waals surface area contributed by atoms with E-state index in [9.17, 15) is 9.59 Å². The van der Waals surface area contributed by atoms with Crippen LogP contribution in [0.4, 0.5) is 0 Å². The molecule has 0 aromatic rings. The Kier molecular flexibility index (Phi) is 7.14. The fourth-order valence-electron chi connectivity index (χ4n) is 4.22. The lowest BCUT2D eigenvalue weighted by atomic mass is 9.97. The van der Waals surface area contributed by atoms with Gasteiger partial charge in [0, 0.05) is 38.5 Å². The van der Waals surface area contributed by atoms with Gasteiger partial charge in [0.2, 0.25) is 11.8 Å². The van der Waals surface area contributed by atoms with Crippen LogP contribution in [-0.2, 0) is 9.59 Å². The van der Waals surface area contributed by atoms with E-state index in [1.165, 1.54) is 51.7 Å². The van der Waals surface area contributed by atoms with Crippen molar-refractivity contribution in [2.45, 2.75) is 64.2 Å². The Bertz CT molecular complexity index is 442. The van der Waals surface area contributed by atoms with E-state index in [1.807, 2.05) is 0 Å². The van der Waals surface area contributed by atoms with Gasteiger partial charge in [-0.25, -0.2) is 0 Å². The summed E-state index contributed by atoms with van der Waals surface area (Å²) in [6.07, 6.45) is 11.2. The molecule has 1 N–H and O–H groups in total. The third-order valence-electron chi connectivity index (χ3n) is 5.90. The van der Waals surface area contributed by atoms with E-state index in [4.69, 9.17) is 0 Å². The molecule has 0 aromatic carbocycles. The highest BCUT2D eigenvalue weighted by Gasteiger charge is 2.29. The number of nitrogens with one attached hydrogen (secondary N) is 1. The van der Waals surface area contributed by atoms with Crippen molar-refractivity contribution in [2.24, 2.45) is 11.8 Å². The van der Waals surface area contributed by atoms with Gasteiger partial charge in [-0.1, -0.05) is 12.8 Å². The van der Waals surface area contributed by atoms with E-state index in [1.54, 1.807) is 0 Å². The van der Waals surface area contributed by atoms with Crippen molar-refractivity contribution in [3.63, 3.8) is 0 Å². The average molecular weight is 350 g/mol. The molecule has 1 saturated carbocycles. The molecule has 25 heavy (non-hydrogen) atoms. The van der Waals surface area contributed by atoms with Crippen LogP contribution in [0.5, 0.6) is 0 Å². The molecule has 0 spiro atoms. The Morgan fingerprint density at radius 3 is 2.40 bits per heavy atom. The maximum Gasteiger partial charge on any atom is 0.223 e. The highest BCUT2D eigenvalue weighted by atomic mass is 16.2. The van der Waals surface area contributed by atoms with Gasteiger partial charge in [-0.2, -0.15) is 0 Å². The van der Waals surface area contributed by atoms with Gasteiger partial charge in [-0.05, 0) is 64.0 Å². The highest BCUT2D eigenvalue weighted by molar-refractivity contribution is 5.81. The number of hydrogen-bond acceptors (Lipinski definition) is 3. The lowest BCUT2D eigenvalue weighted by Gasteiger charge is -2.35. The zero-order chi connectivity index (χ0) is 17.5. The number of hydrogen-bond donors (Lipinski definition) is 1. The summed E-state index contributed by atoms with van der Waals surface area (Å²) in [4.78, 5) is 28.8. The van der Waals surface area contributed by atoms with Gasteiger partial charge < -0.3 is 15.1 Å². The predicted molar refractivity (Wildman–Crippen MR) is 99.2 cm³/mol. The van der Waals surface area contributed by atoms with Crippen LogP contribution < -0.4 is 5.32 Å². The normalized spacial score (nSPS) is 25.4. The molecule has 3 aliphatic rings. The fraction of sp³-hybridized carbons (Fsp3) is 0.900. The lowest BCUT2D eigenvalue weighted by Crippen LogP contribution is -2.44. The molecule has 2 amide bonds. The zero-order valence-electron chi connectivity index (χ0n) is 15.7. The quantitative estimate of drug-likeness (QED) is 0.718. The summed E-state index contributed by atoms with van der Waals surface area (Å²) in [6.45, 7) is 6.15. The maximum absolute atomic E-state index is 12.5. The third-order valence-corrected chi connectivity index (χ3v) is 5.90. The SMILES string of the molecule is O=C(NCCCC(=O)N1CCC[C@@H](CN2CCCCCC2)C1)C1CC1. The van der Waals surface area contributed by atoms with Crippen LogP contribution in [0.25, 0.3) is 0 Å². The average Bonchev–Trinajstić information content (AvgIpc) is 3.46. The summed E-state index contributed by atoms with van der Waals surface area (Å²) in [6, 6.07) is 0. The van der Waals surface area contributed by atoms with Crippen LogP contribution in [0, 0.1) is 11.8 Å². The van der Waals surface area contributed by atoms with Gasteiger partial charge in [0.1, 0.15) is 0 Å². The molecule has 0 bridgehead atoms. The molecule has 2 aliphatic heterocycles. The summed E-state index contributed by atoms with van der Waals surface area (Å²) >= 11 is 0. The Labute approximate surface area is 152 Å². The van der Waals surface area contributed by atoms with Crippen LogP contribution in [0.1, 0.15) is 64.2 Å². The van der Waals surface area contributed by atoms with Crippen molar-refractivity contribution in [1.29, 1.82) is 0 Å². The first-order chi connectivity index (χ1) is 12.2. The van der Waals surface area contributed by atoms with Crippen molar-refractivity contribution >= 4 is 11.8 Å². The van der Waals surface area contributed by atoms with E-state index in [2.05, 4.69) is 15.1 Å².